The van der Waals surface area contributed by atoms with Gasteiger partial charge in [0.1, 0.15) is 0 Å². The number of aliphatic hydroxyl groups is 1. The molecule has 0 aromatic heterocycles. The van der Waals surface area contributed by atoms with E-state index in [0.717, 1.165) is 22.1 Å². The molecule has 1 atom stereocenters. The lowest BCUT2D eigenvalue weighted by Gasteiger charge is -2.20. The molecule has 0 spiro atoms. The Morgan fingerprint density at radius 2 is 1.90 bits per heavy atom. The highest BCUT2D eigenvalue weighted by Gasteiger charge is 2.11. The van der Waals surface area contributed by atoms with Crippen LogP contribution in [0, 0.1) is 0 Å². The van der Waals surface area contributed by atoms with Crippen molar-refractivity contribution in [3.63, 3.8) is 0 Å². The van der Waals surface area contributed by atoms with Crippen molar-refractivity contribution in [3.8, 4) is 0 Å². The fourth-order valence-corrected chi connectivity index (χ4v) is 2.50. The third kappa shape index (κ3) is 4.07. The van der Waals surface area contributed by atoms with E-state index in [-0.39, 0.29) is 12.6 Å². The van der Waals surface area contributed by atoms with Crippen LogP contribution in [-0.4, -0.2) is 17.8 Å². The standard InChI is InChI=1S/C16H19BrN2O/c17-14-7-6-13(10-18)16(9-14)19-15(11-20)8-12-4-2-1-3-5-12/h1-7,9,15,19-20H,8,10-11,18H2. The molecule has 106 valence electrons. The summed E-state index contributed by atoms with van der Waals surface area (Å²) in [5, 5.41) is 13.0. The van der Waals surface area contributed by atoms with Gasteiger partial charge in [-0.25, -0.2) is 0 Å². The quantitative estimate of drug-likeness (QED) is 0.761. The van der Waals surface area contributed by atoms with Gasteiger partial charge in [0, 0.05) is 16.7 Å². The number of anilines is 1. The van der Waals surface area contributed by atoms with E-state index >= 15 is 0 Å². The van der Waals surface area contributed by atoms with Gasteiger partial charge in [0.15, 0.2) is 0 Å². The lowest BCUT2D eigenvalue weighted by molar-refractivity contribution is 0.273. The molecule has 0 aliphatic rings. The number of nitrogens with one attached hydrogen (secondary N) is 1. The topological polar surface area (TPSA) is 58.3 Å². The van der Waals surface area contributed by atoms with E-state index in [2.05, 4.69) is 33.4 Å². The van der Waals surface area contributed by atoms with Gasteiger partial charge in [0.25, 0.3) is 0 Å². The maximum atomic E-state index is 9.58. The first kappa shape index (κ1) is 15.0. The van der Waals surface area contributed by atoms with E-state index < -0.39 is 0 Å². The van der Waals surface area contributed by atoms with Crippen molar-refractivity contribution in [1.82, 2.24) is 0 Å². The zero-order chi connectivity index (χ0) is 14.4. The Morgan fingerprint density at radius 1 is 1.15 bits per heavy atom. The zero-order valence-electron chi connectivity index (χ0n) is 11.2. The highest BCUT2D eigenvalue weighted by Crippen LogP contribution is 2.22. The minimum absolute atomic E-state index is 0.0306. The van der Waals surface area contributed by atoms with Crippen molar-refractivity contribution in [3.05, 3.63) is 64.1 Å². The second-order valence-corrected chi connectivity index (χ2v) is 5.63. The minimum Gasteiger partial charge on any atom is -0.394 e. The molecule has 0 aliphatic heterocycles. The Kier molecular flexibility index (Phi) is 5.59. The Morgan fingerprint density at radius 3 is 2.55 bits per heavy atom. The second kappa shape index (κ2) is 7.43. The first-order chi connectivity index (χ1) is 9.72. The summed E-state index contributed by atoms with van der Waals surface area (Å²) in [4.78, 5) is 0. The summed E-state index contributed by atoms with van der Waals surface area (Å²) < 4.78 is 0.994. The van der Waals surface area contributed by atoms with E-state index in [1.54, 1.807) is 0 Å². The normalized spacial score (nSPS) is 12.2. The maximum Gasteiger partial charge on any atom is 0.0636 e. The Bertz CT molecular complexity index is 545. The number of aliphatic hydroxyl groups excluding tert-OH is 1. The largest absolute Gasteiger partial charge is 0.394 e. The van der Waals surface area contributed by atoms with Crippen LogP contribution >= 0.6 is 15.9 Å². The fraction of sp³-hybridized carbons (Fsp3) is 0.250. The first-order valence-corrected chi connectivity index (χ1v) is 7.42. The van der Waals surface area contributed by atoms with Gasteiger partial charge >= 0.3 is 0 Å². The predicted octanol–water partition coefficient (Wildman–Crippen LogP) is 2.92. The van der Waals surface area contributed by atoms with E-state index in [9.17, 15) is 5.11 Å². The van der Waals surface area contributed by atoms with Crippen LogP contribution in [0.5, 0.6) is 0 Å². The lowest BCUT2D eigenvalue weighted by atomic mass is 10.1. The van der Waals surface area contributed by atoms with Crippen LogP contribution in [0.2, 0.25) is 0 Å². The van der Waals surface area contributed by atoms with Gasteiger partial charge in [0.2, 0.25) is 0 Å². The van der Waals surface area contributed by atoms with Gasteiger partial charge in [-0.2, -0.15) is 0 Å². The number of halogens is 1. The number of hydrogen-bond acceptors (Lipinski definition) is 3. The molecular weight excluding hydrogens is 316 g/mol. The minimum atomic E-state index is -0.0306. The summed E-state index contributed by atoms with van der Waals surface area (Å²) in [5.74, 6) is 0. The van der Waals surface area contributed by atoms with Crippen molar-refractivity contribution < 1.29 is 5.11 Å². The van der Waals surface area contributed by atoms with Gasteiger partial charge in [-0.1, -0.05) is 52.3 Å². The van der Waals surface area contributed by atoms with Crippen LogP contribution in [0.25, 0.3) is 0 Å². The number of nitrogens with two attached hydrogens (primary N) is 1. The SMILES string of the molecule is NCc1ccc(Br)cc1NC(CO)Cc1ccccc1. The van der Waals surface area contributed by atoms with Crippen molar-refractivity contribution >= 4 is 21.6 Å². The summed E-state index contributed by atoms with van der Waals surface area (Å²) in [7, 11) is 0. The van der Waals surface area contributed by atoms with Crippen LogP contribution in [0.3, 0.4) is 0 Å². The molecule has 0 saturated heterocycles. The molecule has 2 aromatic rings. The first-order valence-electron chi connectivity index (χ1n) is 6.62. The monoisotopic (exact) mass is 334 g/mol. The number of rotatable bonds is 6. The molecule has 4 N–H and O–H groups in total. The zero-order valence-corrected chi connectivity index (χ0v) is 12.8. The van der Waals surface area contributed by atoms with Crippen molar-refractivity contribution in [2.45, 2.75) is 19.0 Å². The highest BCUT2D eigenvalue weighted by atomic mass is 79.9. The van der Waals surface area contributed by atoms with Crippen LogP contribution in [0.4, 0.5) is 5.69 Å². The number of hydrogen-bond donors (Lipinski definition) is 3. The van der Waals surface area contributed by atoms with Gasteiger partial charge in [-0.3, -0.25) is 0 Å². The van der Waals surface area contributed by atoms with Crippen molar-refractivity contribution in [2.24, 2.45) is 5.73 Å². The van der Waals surface area contributed by atoms with Crippen molar-refractivity contribution in [1.29, 1.82) is 0 Å². The molecule has 20 heavy (non-hydrogen) atoms. The van der Waals surface area contributed by atoms with E-state index in [1.807, 2.05) is 36.4 Å². The molecule has 3 nitrogen and oxygen atoms in total. The van der Waals surface area contributed by atoms with E-state index in [4.69, 9.17) is 5.73 Å². The Balaban J connectivity index is 2.12. The highest BCUT2D eigenvalue weighted by molar-refractivity contribution is 9.10. The molecule has 0 amide bonds. The van der Waals surface area contributed by atoms with Crippen molar-refractivity contribution in [2.75, 3.05) is 11.9 Å². The van der Waals surface area contributed by atoms with Crippen LogP contribution in [-0.2, 0) is 13.0 Å². The van der Waals surface area contributed by atoms with E-state index in [0.29, 0.717) is 6.54 Å². The summed E-state index contributed by atoms with van der Waals surface area (Å²) >= 11 is 3.46. The number of benzene rings is 2. The predicted molar refractivity (Wildman–Crippen MR) is 86.7 cm³/mol. The Labute approximate surface area is 127 Å². The molecule has 2 aromatic carbocycles. The molecule has 0 aliphatic carbocycles. The van der Waals surface area contributed by atoms with Crippen LogP contribution < -0.4 is 11.1 Å². The molecule has 0 bridgehead atoms. The summed E-state index contributed by atoms with van der Waals surface area (Å²) in [6.07, 6.45) is 0.772. The second-order valence-electron chi connectivity index (χ2n) is 4.72. The molecule has 2 rings (SSSR count). The van der Waals surface area contributed by atoms with Gasteiger partial charge in [0.05, 0.1) is 12.6 Å². The molecule has 1 unspecified atom stereocenters. The third-order valence-corrected chi connectivity index (χ3v) is 3.69. The molecular formula is C16H19BrN2O. The summed E-state index contributed by atoms with van der Waals surface area (Å²) in [6.45, 7) is 0.546. The van der Waals surface area contributed by atoms with Crippen LogP contribution in [0.15, 0.2) is 53.0 Å². The molecule has 0 saturated carbocycles. The molecule has 0 radical (unpaired) electrons. The van der Waals surface area contributed by atoms with E-state index in [1.165, 1.54) is 5.56 Å². The van der Waals surface area contributed by atoms with Gasteiger partial charge < -0.3 is 16.2 Å². The van der Waals surface area contributed by atoms with Gasteiger partial charge in [-0.15, -0.1) is 0 Å². The molecule has 0 fully saturated rings. The maximum absolute atomic E-state index is 9.58. The average molecular weight is 335 g/mol. The van der Waals surface area contributed by atoms with Crippen LogP contribution in [0.1, 0.15) is 11.1 Å². The Hall–Kier alpha value is -1.36. The lowest BCUT2D eigenvalue weighted by Crippen LogP contribution is -2.27. The molecule has 4 heteroatoms. The summed E-state index contributed by atoms with van der Waals surface area (Å²) in [6, 6.07) is 16.1. The smallest absolute Gasteiger partial charge is 0.0636 e. The third-order valence-electron chi connectivity index (χ3n) is 3.20. The van der Waals surface area contributed by atoms with Gasteiger partial charge in [-0.05, 0) is 29.7 Å². The fourth-order valence-electron chi connectivity index (χ4n) is 2.14. The molecule has 0 heterocycles. The summed E-state index contributed by atoms with van der Waals surface area (Å²) in [5.41, 5.74) is 8.96. The average Bonchev–Trinajstić information content (AvgIpc) is 2.48.